The zero-order valence-corrected chi connectivity index (χ0v) is 12.7. The zero-order chi connectivity index (χ0) is 15.4. The predicted octanol–water partition coefficient (Wildman–Crippen LogP) is 3.13. The van der Waals surface area contributed by atoms with Gasteiger partial charge in [-0.25, -0.2) is 0 Å². The Morgan fingerprint density at radius 1 is 1.05 bits per heavy atom. The van der Waals surface area contributed by atoms with Gasteiger partial charge >= 0.3 is 0 Å². The summed E-state index contributed by atoms with van der Waals surface area (Å²) in [7, 11) is 0. The van der Waals surface area contributed by atoms with Crippen molar-refractivity contribution in [3.05, 3.63) is 65.6 Å². The molecule has 0 atom stereocenters. The molecule has 4 nitrogen and oxygen atoms in total. The van der Waals surface area contributed by atoms with Crippen molar-refractivity contribution in [1.82, 2.24) is 9.55 Å². The number of aromatic nitrogens is 2. The van der Waals surface area contributed by atoms with Gasteiger partial charge in [-0.15, -0.1) is 0 Å². The molecule has 1 heterocycles. The summed E-state index contributed by atoms with van der Waals surface area (Å²) in [4.78, 5) is 9.17. The van der Waals surface area contributed by atoms with Crippen molar-refractivity contribution in [2.75, 3.05) is 5.73 Å². The van der Waals surface area contributed by atoms with Gasteiger partial charge in [0.1, 0.15) is 0 Å². The minimum absolute atomic E-state index is 0.521. The number of hydrogen-bond acceptors (Lipinski definition) is 3. The molecule has 2 aromatic carbocycles. The van der Waals surface area contributed by atoms with E-state index < -0.39 is 0 Å². The number of hydrogen-bond donors (Lipinski definition) is 1. The van der Waals surface area contributed by atoms with Gasteiger partial charge in [-0.1, -0.05) is 49.4 Å². The van der Waals surface area contributed by atoms with Gasteiger partial charge in [0.05, 0.1) is 12.1 Å². The highest BCUT2D eigenvalue weighted by atomic mass is 15.1. The summed E-state index contributed by atoms with van der Waals surface area (Å²) in [5.74, 6) is 0.521. The van der Waals surface area contributed by atoms with Crippen molar-refractivity contribution < 1.29 is 0 Å². The Kier molecular flexibility index (Phi) is 4.19. The SMILES string of the molecule is CCCn1c(N)nc(=NCc2ccccc2)c2ccccc21. The zero-order valence-electron chi connectivity index (χ0n) is 12.7. The summed E-state index contributed by atoms with van der Waals surface area (Å²) in [6.07, 6.45) is 1.01. The monoisotopic (exact) mass is 292 g/mol. The number of nitrogen functional groups attached to an aromatic ring is 1. The van der Waals surface area contributed by atoms with Crippen molar-refractivity contribution in [2.45, 2.75) is 26.4 Å². The van der Waals surface area contributed by atoms with Crippen molar-refractivity contribution in [1.29, 1.82) is 0 Å². The molecule has 4 heteroatoms. The first-order valence-electron chi connectivity index (χ1n) is 7.59. The van der Waals surface area contributed by atoms with Crippen molar-refractivity contribution in [3.63, 3.8) is 0 Å². The molecule has 3 rings (SSSR count). The smallest absolute Gasteiger partial charge is 0.202 e. The van der Waals surface area contributed by atoms with Crippen LogP contribution in [0.1, 0.15) is 18.9 Å². The first-order chi connectivity index (χ1) is 10.8. The van der Waals surface area contributed by atoms with E-state index in [-0.39, 0.29) is 0 Å². The summed E-state index contributed by atoms with van der Waals surface area (Å²) in [5, 5.41) is 1.04. The highest BCUT2D eigenvalue weighted by Crippen LogP contribution is 2.13. The van der Waals surface area contributed by atoms with E-state index in [4.69, 9.17) is 5.73 Å². The van der Waals surface area contributed by atoms with Crippen LogP contribution in [0.4, 0.5) is 5.95 Å². The first-order valence-corrected chi connectivity index (χ1v) is 7.59. The van der Waals surface area contributed by atoms with Gasteiger partial charge in [0.15, 0.2) is 5.49 Å². The van der Waals surface area contributed by atoms with E-state index in [1.807, 2.05) is 30.3 Å². The lowest BCUT2D eigenvalue weighted by Gasteiger charge is -2.12. The Morgan fingerprint density at radius 3 is 2.55 bits per heavy atom. The van der Waals surface area contributed by atoms with Crippen LogP contribution in [-0.2, 0) is 13.1 Å². The Morgan fingerprint density at radius 2 is 1.77 bits per heavy atom. The molecular weight excluding hydrogens is 272 g/mol. The lowest BCUT2D eigenvalue weighted by atomic mass is 10.2. The molecule has 2 N–H and O–H groups in total. The van der Waals surface area contributed by atoms with Crippen LogP contribution >= 0.6 is 0 Å². The lowest BCUT2D eigenvalue weighted by molar-refractivity contribution is 0.693. The molecule has 1 aromatic heterocycles. The average Bonchev–Trinajstić information content (AvgIpc) is 2.57. The molecule has 0 saturated carbocycles. The molecule has 0 aliphatic carbocycles. The number of aryl methyl sites for hydroxylation is 1. The summed E-state index contributed by atoms with van der Waals surface area (Å²) in [6, 6.07) is 18.3. The van der Waals surface area contributed by atoms with Gasteiger partial charge in [0.2, 0.25) is 5.95 Å². The van der Waals surface area contributed by atoms with Crippen LogP contribution < -0.4 is 11.2 Å². The van der Waals surface area contributed by atoms with Crippen LogP contribution in [0.15, 0.2) is 59.6 Å². The number of anilines is 1. The van der Waals surface area contributed by atoms with Crippen LogP contribution in [0, 0.1) is 0 Å². The van der Waals surface area contributed by atoms with Crippen LogP contribution in [-0.4, -0.2) is 9.55 Å². The standard InChI is InChI=1S/C18H20N4/c1-2-12-22-16-11-7-6-10-15(16)17(21-18(22)19)20-13-14-8-4-3-5-9-14/h3-11H,2,12-13H2,1H3,(H2,19,20,21). The quantitative estimate of drug-likeness (QED) is 0.803. The van der Waals surface area contributed by atoms with Gasteiger partial charge < -0.3 is 10.3 Å². The molecule has 0 saturated heterocycles. The maximum Gasteiger partial charge on any atom is 0.202 e. The van der Waals surface area contributed by atoms with E-state index in [0.717, 1.165) is 29.4 Å². The molecule has 0 spiro atoms. The summed E-state index contributed by atoms with van der Waals surface area (Å²) >= 11 is 0. The third-order valence-electron chi connectivity index (χ3n) is 3.63. The molecule has 0 unspecified atom stereocenters. The summed E-state index contributed by atoms with van der Waals surface area (Å²) < 4.78 is 2.05. The molecule has 0 fully saturated rings. The molecule has 0 amide bonds. The number of para-hydroxylation sites is 1. The molecule has 22 heavy (non-hydrogen) atoms. The van der Waals surface area contributed by atoms with Crippen LogP contribution in [0.5, 0.6) is 0 Å². The fourth-order valence-corrected chi connectivity index (χ4v) is 2.58. The maximum absolute atomic E-state index is 6.13. The molecule has 0 aliphatic heterocycles. The van der Waals surface area contributed by atoms with Crippen LogP contribution in [0.25, 0.3) is 10.9 Å². The second kappa shape index (κ2) is 6.43. The van der Waals surface area contributed by atoms with Crippen LogP contribution in [0.3, 0.4) is 0 Å². The van der Waals surface area contributed by atoms with Gasteiger partial charge in [0.25, 0.3) is 0 Å². The minimum Gasteiger partial charge on any atom is -0.369 e. The second-order valence-corrected chi connectivity index (χ2v) is 5.26. The largest absolute Gasteiger partial charge is 0.369 e. The number of nitrogens with two attached hydrogens (primary N) is 1. The number of rotatable bonds is 4. The summed E-state index contributed by atoms with van der Waals surface area (Å²) in [6.45, 7) is 3.60. The van der Waals surface area contributed by atoms with E-state index in [0.29, 0.717) is 18.0 Å². The lowest BCUT2D eigenvalue weighted by Crippen LogP contribution is -2.19. The molecule has 3 aromatic rings. The van der Waals surface area contributed by atoms with E-state index in [1.165, 1.54) is 0 Å². The maximum atomic E-state index is 6.13. The Bertz CT molecular complexity index is 835. The average molecular weight is 292 g/mol. The fraction of sp³-hybridized carbons (Fsp3) is 0.222. The van der Waals surface area contributed by atoms with E-state index in [9.17, 15) is 0 Å². The van der Waals surface area contributed by atoms with Gasteiger partial charge in [-0.05, 0) is 24.1 Å². The number of nitrogens with zero attached hydrogens (tertiary/aromatic N) is 3. The Balaban J connectivity index is 2.12. The van der Waals surface area contributed by atoms with E-state index in [1.54, 1.807) is 0 Å². The molecular formula is C18H20N4. The normalized spacial score (nSPS) is 12.0. The third kappa shape index (κ3) is 2.86. The highest BCUT2D eigenvalue weighted by molar-refractivity contribution is 5.79. The van der Waals surface area contributed by atoms with E-state index in [2.05, 4.69) is 45.7 Å². The third-order valence-corrected chi connectivity index (χ3v) is 3.63. The van der Waals surface area contributed by atoms with Crippen LogP contribution in [0.2, 0.25) is 0 Å². The Hall–Kier alpha value is -2.62. The van der Waals surface area contributed by atoms with Crippen molar-refractivity contribution in [3.8, 4) is 0 Å². The number of fused-ring (bicyclic) bond motifs is 1. The summed E-state index contributed by atoms with van der Waals surface area (Å²) in [5.41, 5.74) is 9.10. The van der Waals surface area contributed by atoms with Crippen molar-refractivity contribution in [2.24, 2.45) is 4.99 Å². The topological polar surface area (TPSA) is 56.2 Å². The number of benzene rings is 2. The highest BCUT2D eigenvalue weighted by Gasteiger charge is 2.06. The van der Waals surface area contributed by atoms with Gasteiger partial charge in [-0.3, -0.25) is 4.99 Å². The molecule has 112 valence electrons. The molecule has 0 aliphatic rings. The second-order valence-electron chi connectivity index (χ2n) is 5.26. The minimum atomic E-state index is 0.521. The molecule has 0 radical (unpaired) electrons. The fourth-order valence-electron chi connectivity index (χ4n) is 2.58. The molecule has 0 bridgehead atoms. The first kappa shape index (κ1) is 14.3. The van der Waals surface area contributed by atoms with Crippen molar-refractivity contribution >= 4 is 16.9 Å². The van der Waals surface area contributed by atoms with Gasteiger partial charge in [-0.2, -0.15) is 4.98 Å². The predicted molar refractivity (Wildman–Crippen MR) is 90.1 cm³/mol. The van der Waals surface area contributed by atoms with E-state index >= 15 is 0 Å². The Labute approximate surface area is 130 Å². The van der Waals surface area contributed by atoms with Gasteiger partial charge in [0, 0.05) is 11.9 Å².